The van der Waals surface area contributed by atoms with Crippen LogP contribution in [0.3, 0.4) is 0 Å². The van der Waals surface area contributed by atoms with Gasteiger partial charge in [0, 0.05) is 6.08 Å². The van der Waals surface area contributed by atoms with E-state index in [0.29, 0.717) is 19.9 Å². The minimum absolute atomic E-state index is 0.0637. The second kappa shape index (κ2) is 4.29. The highest BCUT2D eigenvalue weighted by Gasteiger charge is 2.10. The van der Waals surface area contributed by atoms with E-state index in [-0.39, 0.29) is 5.56 Å². The van der Waals surface area contributed by atoms with Crippen LogP contribution in [0.15, 0.2) is 50.3 Å². The number of imidazole rings is 1. The molecule has 0 aliphatic rings. The number of benzene rings is 1. The average Bonchev–Trinajstić information content (AvgIpc) is 3.07. The molecule has 3 heterocycles. The summed E-state index contributed by atoms with van der Waals surface area (Å²) in [5.41, 5.74) is 1.61. The SMILES string of the molecule is O=c1c(=Cc2ccc(Br)o2)sc2nc3ccccc3n12. The van der Waals surface area contributed by atoms with E-state index in [1.807, 2.05) is 30.3 Å². The molecular weight excluding hydrogens is 340 g/mol. The number of aromatic nitrogens is 2. The third kappa shape index (κ3) is 1.72. The van der Waals surface area contributed by atoms with E-state index in [0.717, 1.165) is 11.0 Å². The monoisotopic (exact) mass is 346 g/mol. The first-order valence-corrected chi connectivity index (χ1v) is 7.50. The average molecular weight is 347 g/mol. The van der Waals surface area contributed by atoms with Crippen LogP contribution in [-0.4, -0.2) is 9.38 Å². The van der Waals surface area contributed by atoms with Gasteiger partial charge in [-0.15, -0.1) is 0 Å². The maximum absolute atomic E-state index is 12.5. The summed E-state index contributed by atoms with van der Waals surface area (Å²) >= 11 is 4.61. The maximum atomic E-state index is 12.5. The van der Waals surface area contributed by atoms with E-state index in [9.17, 15) is 4.79 Å². The van der Waals surface area contributed by atoms with E-state index in [2.05, 4.69) is 20.9 Å². The molecule has 0 N–H and O–H groups in total. The zero-order chi connectivity index (χ0) is 13.7. The Balaban J connectivity index is 2.05. The van der Waals surface area contributed by atoms with Crippen LogP contribution < -0.4 is 10.1 Å². The molecular formula is C14H7BrN2O2S. The van der Waals surface area contributed by atoms with E-state index < -0.39 is 0 Å². The minimum atomic E-state index is -0.0637. The van der Waals surface area contributed by atoms with Crippen molar-refractivity contribution in [3.8, 4) is 0 Å². The second-order valence-corrected chi connectivity index (χ2v) is 6.07. The Hall–Kier alpha value is -1.92. The summed E-state index contributed by atoms with van der Waals surface area (Å²) in [4.78, 5) is 17.6. The molecule has 0 atom stereocenters. The topological polar surface area (TPSA) is 47.5 Å². The first kappa shape index (κ1) is 11.9. The molecule has 0 saturated carbocycles. The van der Waals surface area contributed by atoms with Gasteiger partial charge in [-0.3, -0.25) is 4.79 Å². The molecule has 20 heavy (non-hydrogen) atoms. The highest BCUT2D eigenvalue weighted by molar-refractivity contribution is 9.10. The normalized spacial score (nSPS) is 12.8. The number of thiazole rings is 1. The minimum Gasteiger partial charge on any atom is -0.450 e. The van der Waals surface area contributed by atoms with Crippen LogP contribution in [0.5, 0.6) is 0 Å². The van der Waals surface area contributed by atoms with E-state index in [1.54, 1.807) is 16.5 Å². The van der Waals surface area contributed by atoms with Gasteiger partial charge in [-0.1, -0.05) is 23.5 Å². The molecule has 0 spiro atoms. The summed E-state index contributed by atoms with van der Waals surface area (Å²) in [6.45, 7) is 0. The van der Waals surface area contributed by atoms with Crippen molar-refractivity contribution in [3.05, 3.63) is 61.7 Å². The second-order valence-electron chi connectivity index (χ2n) is 4.28. The van der Waals surface area contributed by atoms with Gasteiger partial charge in [-0.2, -0.15) is 0 Å². The third-order valence-electron chi connectivity index (χ3n) is 3.01. The van der Waals surface area contributed by atoms with Crippen molar-refractivity contribution >= 4 is 49.3 Å². The van der Waals surface area contributed by atoms with Crippen molar-refractivity contribution in [2.75, 3.05) is 0 Å². The lowest BCUT2D eigenvalue weighted by Gasteiger charge is -1.86. The van der Waals surface area contributed by atoms with E-state index >= 15 is 0 Å². The van der Waals surface area contributed by atoms with Crippen LogP contribution in [0.2, 0.25) is 0 Å². The summed E-state index contributed by atoms with van der Waals surface area (Å²) in [7, 11) is 0. The smallest absolute Gasteiger partial charge is 0.275 e. The van der Waals surface area contributed by atoms with Crippen molar-refractivity contribution in [2.24, 2.45) is 0 Å². The molecule has 0 saturated heterocycles. The number of hydrogen-bond donors (Lipinski definition) is 0. The number of furan rings is 1. The summed E-state index contributed by atoms with van der Waals surface area (Å²) in [5, 5.41) is 0. The van der Waals surface area contributed by atoms with Gasteiger partial charge in [-0.25, -0.2) is 9.38 Å². The fraction of sp³-hybridized carbons (Fsp3) is 0. The Morgan fingerprint density at radius 1 is 1.25 bits per heavy atom. The highest BCUT2D eigenvalue weighted by atomic mass is 79.9. The number of para-hydroxylation sites is 2. The fourth-order valence-corrected chi connectivity index (χ4v) is 3.43. The molecule has 0 unspecified atom stereocenters. The van der Waals surface area contributed by atoms with E-state index in [1.165, 1.54) is 11.3 Å². The predicted molar refractivity (Wildman–Crippen MR) is 82.0 cm³/mol. The molecule has 1 aromatic carbocycles. The zero-order valence-electron chi connectivity index (χ0n) is 10.0. The molecule has 0 fully saturated rings. The molecule has 0 amide bonds. The summed E-state index contributed by atoms with van der Waals surface area (Å²) < 4.78 is 8.30. The Morgan fingerprint density at radius 2 is 2.10 bits per heavy atom. The van der Waals surface area contributed by atoms with E-state index in [4.69, 9.17) is 4.42 Å². The Kier molecular flexibility index (Phi) is 2.55. The van der Waals surface area contributed by atoms with Crippen molar-refractivity contribution in [1.29, 1.82) is 0 Å². The van der Waals surface area contributed by atoms with Crippen molar-refractivity contribution in [2.45, 2.75) is 0 Å². The van der Waals surface area contributed by atoms with Gasteiger partial charge in [0.25, 0.3) is 5.56 Å². The molecule has 0 aliphatic carbocycles. The molecule has 0 bridgehead atoms. The molecule has 0 aliphatic heterocycles. The van der Waals surface area contributed by atoms with Crippen molar-refractivity contribution in [1.82, 2.24) is 9.38 Å². The molecule has 6 heteroatoms. The largest absolute Gasteiger partial charge is 0.450 e. The number of rotatable bonds is 1. The van der Waals surface area contributed by atoms with Gasteiger partial charge < -0.3 is 4.42 Å². The lowest BCUT2D eigenvalue weighted by molar-refractivity contribution is 0.531. The van der Waals surface area contributed by atoms with Crippen molar-refractivity contribution in [3.63, 3.8) is 0 Å². The first-order chi connectivity index (χ1) is 9.72. The molecule has 4 aromatic rings. The Morgan fingerprint density at radius 3 is 2.90 bits per heavy atom. The van der Waals surface area contributed by atoms with Gasteiger partial charge >= 0.3 is 0 Å². The quantitative estimate of drug-likeness (QED) is 0.532. The molecule has 4 rings (SSSR count). The van der Waals surface area contributed by atoms with Crippen LogP contribution in [-0.2, 0) is 0 Å². The molecule has 0 radical (unpaired) electrons. The standard InChI is InChI=1S/C14H7BrN2O2S/c15-12-6-5-8(19-12)7-11-13(18)17-10-4-2-1-3-9(10)16-14(17)20-11/h1-7H. The molecule has 4 nitrogen and oxygen atoms in total. The zero-order valence-corrected chi connectivity index (χ0v) is 12.4. The Labute approximate surface area is 125 Å². The number of halogens is 1. The van der Waals surface area contributed by atoms with Gasteiger partial charge in [0.1, 0.15) is 10.3 Å². The van der Waals surface area contributed by atoms with Crippen LogP contribution in [0.4, 0.5) is 0 Å². The fourth-order valence-electron chi connectivity index (χ4n) is 2.15. The van der Waals surface area contributed by atoms with Crippen molar-refractivity contribution < 1.29 is 4.42 Å². The van der Waals surface area contributed by atoms with Crippen LogP contribution >= 0.6 is 27.3 Å². The first-order valence-electron chi connectivity index (χ1n) is 5.89. The molecule has 3 aromatic heterocycles. The van der Waals surface area contributed by atoms with Gasteiger partial charge in [-0.05, 0) is 40.2 Å². The van der Waals surface area contributed by atoms with Gasteiger partial charge in [0.15, 0.2) is 9.63 Å². The lowest BCUT2D eigenvalue weighted by Crippen LogP contribution is -2.22. The maximum Gasteiger partial charge on any atom is 0.275 e. The lowest BCUT2D eigenvalue weighted by atomic mass is 10.3. The summed E-state index contributed by atoms with van der Waals surface area (Å²) in [6.07, 6.45) is 1.74. The van der Waals surface area contributed by atoms with Gasteiger partial charge in [0.2, 0.25) is 0 Å². The van der Waals surface area contributed by atoms with Crippen LogP contribution in [0, 0.1) is 0 Å². The number of nitrogens with zero attached hydrogens (tertiary/aromatic N) is 2. The Bertz CT molecular complexity index is 1040. The van der Waals surface area contributed by atoms with Gasteiger partial charge in [0.05, 0.1) is 11.0 Å². The number of hydrogen-bond acceptors (Lipinski definition) is 4. The summed E-state index contributed by atoms with van der Waals surface area (Å²) in [6, 6.07) is 11.2. The van der Waals surface area contributed by atoms with Crippen LogP contribution in [0.1, 0.15) is 5.76 Å². The summed E-state index contributed by atoms with van der Waals surface area (Å²) in [5.74, 6) is 0.641. The predicted octanol–water partition coefficient (Wildman–Crippen LogP) is 2.81. The highest BCUT2D eigenvalue weighted by Crippen LogP contribution is 2.17. The number of fused-ring (bicyclic) bond motifs is 3. The third-order valence-corrected chi connectivity index (χ3v) is 4.41. The molecule has 98 valence electrons. The van der Waals surface area contributed by atoms with Crippen LogP contribution in [0.25, 0.3) is 22.1 Å².